The Labute approximate surface area is 95.8 Å². The van der Waals surface area contributed by atoms with Crippen LogP contribution in [-0.2, 0) is 11.3 Å². The van der Waals surface area contributed by atoms with Crippen LogP contribution in [0.15, 0.2) is 0 Å². The van der Waals surface area contributed by atoms with Crippen LogP contribution in [0.1, 0.15) is 24.7 Å². The van der Waals surface area contributed by atoms with Crippen molar-refractivity contribution in [3.05, 3.63) is 16.4 Å². The third-order valence-electron chi connectivity index (χ3n) is 2.23. The van der Waals surface area contributed by atoms with Gasteiger partial charge in [-0.05, 0) is 6.92 Å². The predicted molar refractivity (Wildman–Crippen MR) is 53.7 cm³/mol. The van der Waals surface area contributed by atoms with E-state index in [0.29, 0.717) is 5.69 Å². The van der Waals surface area contributed by atoms with E-state index in [1.165, 1.54) is 18.5 Å². The number of rotatable bonds is 4. The lowest BCUT2D eigenvalue weighted by molar-refractivity contribution is -0.141. The van der Waals surface area contributed by atoms with E-state index < -0.39 is 24.0 Å². The molecule has 16 heavy (non-hydrogen) atoms. The molecule has 0 aliphatic carbocycles. The van der Waals surface area contributed by atoms with Gasteiger partial charge in [0.05, 0.1) is 23.2 Å². The lowest BCUT2D eigenvalue weighted by Gasteiger charge is -2.07. The summed E-state index contributed by atoms with van der Waals surface area (Å²) in [5.41, 5.74) is -0.151. The Hall–Kier alpha value is -1.17. The number of hydrogen-bond acceptors (Lipinski definition) is 2. The number of aromatic nitrogens is 2. The SMILES string of the molecule is Cc1c(Cl)c(C(F)F)nn1CC(C)C(=O)O. The minimum absolute atomic E-state index is 0.0214. The van der Waals surface area contributed by atoms with Crippen molar-refractivity contribution in [2.45, 2.75) is 26.8 Å². The number of nitrogens with zero attached hydrogens (tertiary/aromatic N) is 2. The van der Waals surface area contributed by atoms with Gasteiger partial charge in [-0.1, -0.05) is 18.5 Å². The maximum absolute atomic E-state index is 12.4. The first-order valence-corrected chi connectivity index (χ1v) is 4.96. The number of carboxylic acid groups (broad SMARTS) is 1. The molecular formula is C9H11ClF2N2O2. The summed E-state index contributed by atoms with van der Waals surface area (Å²) in [4.78, 5) is 10.6. The zero-order valence-electron chi connectivity index (χ0n) is 8.75. The van der Waals surface area contributed by atoms with E-state index in [1.807, 2.05) is 0 Å². The fourth-order valence-electron chi connectivity index (χ4n) is 1.20. The molecule has 0 saturated carbocycles. The van der Waals surface area contributed by atoms with Crippen LogP contribution < -0.4 is 0 Å². The number of carboxylic acids is 1. The normalized spacial score (nSPS) is 13.1. The average Bonchev–Trinajstić information content (AvgIpc) is 2.46. The summed E-state index contributed by atoms with van der Waals surface area (Å²) in [6.07, 6.45) is -2.76. The lowest BCUT2D eigenvalue weighted by atomic mass is 10.2. The van der Waals surface area contributed by atoms with Crippen LogP contribution in [0.5, 0.6) is 0 Å². The van der Waals surface area contributed by atoms with Gasteiger partial charge in [-0.2, -0.15) is 5.10 Å². The average molecular weight is 253 g/mol. The first-order valence-electron chi connectivity index (χ1n) is 4.58. The zero-order chi connectivity index (χ0) is 12.5. The van der Waals surface area contributed by atoms with Crippen LogP contribution in [0.4, 0.5) is 8.78 Å². The molecule has 1 aromatic rings. The van der Waals surface area contributed by atoms with E-state index in [1.54, 1.807) is 0 Å². The predicted octanol–water partition coefficient (Wildman–Crippen LogP) is 2.50. The topological polar surface area (TPSA) is 55.1 Å². The second-order valence-corrected chi connectivity index (χ2v) is 3.88. The summed E-state index contributed by atoms with van der Waals surface area (Å²) >= 11 is 5.66. The summed E-state index contributed by atoms with van der Waals surface area (Å²) in [5, 5.41) is 12.2. The quantitative estimate of drug-likeness (QED) is 0.896. The molecule has 0 saturated heterocycles. The molecular weight excluding hydrogens is 242 g/mol. The highest BCUT2D eigenvalue weighted by atomic mass is 35.5. The van der Waals surface area contributed by atoms with Crippen molar-refractivity contribution in [1.29, 1.82) is 0 Å². The van der Waals surface area contributed by atoms with Gasteiger partial charge >= 0.3 is 5.97 Å². The summed E-state index contributed by atoms with van der Waals surface area (Å²) in [7, 11) is 0. The highest BCUT2D eigenvalue weighted by Crippen LogP contribution is 2.28. The Morgan fingerprint density at radius 1 is 1.62 bits per heavy atom. The monoisotopic (exact) mass is 252 g/mol. The van der Waals surface area contributed by atoms with Crippen molar-refractivity contribution in [1.82, 2.24) is 9.78 Å². The van der Waals surface area contributed by atoms with Crippen LogP contribution in [0.3, 0.4) is 0 Å². The Morgan fingerprint density at radius 2 is 2.19 bits per heavy atom. The molecule has 0 bridgehead atoms. The Kier molecular flexibility index (Phi) is 3.85. The van der Waals surface area contributed by atoms with E-state index in [0.717, 1.165) is 0 Å². The van der Waals surface area contributed by atoms with Crippen LogP contribution >= 0.6 is 11.6 Å². The molecule has 0 aliphatic rings. The van der Waals surface area contributed by atoms with E-state index in [9.17, 15) is 13.6 Å². The van der Waals surface area contributed by atoms with Gasteiger partial charge in [0.1, 0.15) is 5.69 Å². The Balaban J connectivity index is 2.98. The minimum atomic E-state index is -2.76. The number of aliphatic carboxylic acids is 1. The lowest BCUT2D eigenvalue weighted by Crippen LogP contribution is -2.18. The maximum Gasteiger partial charge on any atom is 0.308 e. The van der Waals surface area contributed by atoms with E-state index >= 15 is 0 Å². The molecule has 1 atom stereocenters. The highest BCUT2D eigenvalue weighted by molar-refractivity contribution is 6.31. The second kappa shape index (κ2) is 4.78. The van der Waals surface area contributed by atoms with Crippen molar-refractivity contribution in [2.75, 3.05) is 0 Å². The first kappa shape index (κ1) is 12.9. The smallest absolute Gasteiger partial charge is 0.308 e. The molecule has 0 aromatic carbocycles. The van der Waals surface area contributed by atoms with Gasteiger partial charge in [-0.25, -0.2) is 8.78 Å². The number of alkyl halides is 2. The van der Waals surface area contributed by atoms with E-state index in [4.69, 9.17) is 16.7 Å². The highest BCUT2D eigenvalue weighted by Gasteiger charge is 2.22. The molecule has 1 heterocycles. The van der Waals surface area contributed by atoms with Crippen LogP contribution in [0.2, 0.25) is 5.02 Å². The molecule has 0 fully saturated rings. The zero-order valence-corrected chi connectivity index (χ0v) is 9.50. The molecule has 1 rings (SSSR count). The van der Waals surface area contributed by atoms with E-state index in [-0.39, 0.29) is 11.6 Å². The number of carbonyl (C=O) groups is 1. The van der Waals surface area contributed by atoms with Gasteiger partial charge in [0.15, 0.2) is 0 Å². The van der Waals surface area contributed by atoms with Gasteiger partial charge in [0.25, 0.3) is 6.43 Å². The molecule has 1 unspecified atom stereocenters. The third-order valence-corrected chi connectivity index (χ3v) is 2.70. The molecule has 0 aliphatic heterocycles. The number of hydrogen-bond donors (Lipinski definition) is 1. The fraction of sp³-hybridized carbons (Fsp3) is 0.556. The standard InChI is InChI=1S/C9H11ClF2N2O2/c1-4(9(15)16)3-14-5(2)6(10)7(13-14)8(11)12/h4,8H,3H2,1-2H3,(H,15,16). The van der Waals surface area contributed by atoms with Gasteiger partial charge in [-0.3, -0.25) is 9.48 Å². The largest absolute Gasteiger partial charge is 0.481 e. The summed E-state index contributed by atoms with van der Waals surface area (Å²) < 4.78 is 26.1. The summed E-state index contributed by atoms with van der Waals surface area (Å²) in [6.45, 7) is 3.02. The molecule has 7 heteroatoms. The van der Waals surface area contributed by atoms with Crippen molar-refractivity contribution >= 4 is 17.6 Å². The Morgan fingerprint density at radius 3 is 2.56 bits per heavy atom. The molecule has 4 nitrogen and oxygen atoms in total. The third kappa shape index (κ3) is 2.49. The molecule has 90 valence electrons. The molecule has 0 spiro atoms. The molecule has 1 aromatic heterocycles. The maximum atomic E-state index is 12.4. The first-order chi connectivity index (χ1) is 7.34. The van der Waals surface area contributed by atoms with Gasteiger partial charge in [0, 0.05) is 0 Å². The summed E-state index contributed by atoms with van der Waals surface area (Å²) in [6, 6.07) is 0. The fourth-order valence-corrected chi connectivity index (χ4v) is 1.42. The minimum Gasteiger partial charge on any atom is -0.481 e. The van der Waals surface area contributed by atoms with Gasteiger partial charge in [-0.15, -0.1) is 0 Å². The molecule has 1 N–H and O–H groups in total. The van der Waals surface area contributed by atoms with E-state index in [2.05, 4.69) is 5.10 Å². The number of halogens is 3. The van der Waals surface area contributed by atoms with Crippen molar-refractivity contribution in [3.63, 3.8) is 0 Å². The van der Waals surface area contributed by atoms with Crippen LogP contribution in [-0.4, -0.2) is 20.9 Å². The molecule has 0 amide bonds. The van der Waals surface area contributed by atoms with Crippen LogP contribution in [0, 0.1) is 12.8 Å². The van der Waals surface area contributed by atoms with Crippen molar-refractivity contribution in [2.24, 2.45) is 5.92 Å². The van der Waals surface area contributed by atoms with Crippen molar-refractivity contribution < 1.29 is 18.7 Å². The Bertz CT molecular complexity index is 406. The van der Waals surface area contributed by atoms with Crippen LogP contribution in [0.25, 0.3) is 0 Å². The summed E-state index contributed by atoms with van der Waals surface area (Å²) in [5.74, 6) is -1.72. The van der Waals surface area contributed by atoms with Crippen molar-refractivity contribution in [3.8, 4) is 0 Å². The van der Waals surface area contributed by atoms with Gasteiger partial charge < -0.3 is 5.11 Å². The second-order valence-electron chi connectivity index (χ2n) is 3.51. The molecule has 0 radical (unpaired) electrons. The van der Waals surface area contributed by atoms with Gasteiger partial charge in [0.2, 0.25) is 0 Å².